The molecular weight excluding hydrogens is 422 g/mol. The molecule has 0 saturated carbocycles. The normalized spacial score (nSPS) is 20.4. The Kier molecular flexibility index (Phi) is 11.0. The van der Waals surface area contributed by atoms with Crippen LogP contribution in [-0.4, -0.2) is 94.5 Å². The van der Waals surface area contributed by atoms with Crippen molar-refractivity contribution in [1.82, 2.24) is 15.5 Å². The van der Waals surface area contributed by atoms with E-state index in [0.29, 0.717) is 32.1 Å². The summed E-state index contributed by atoms with van der Waals surface area (Å²) in [5, 5.41) is 24.2. The summed E-state index contributed by atoms with van der Waals surface area (Å²) >= 11 is 0. The van der Waals surface area contributed by atoms with E-state index in [1.807, 2.05) is 0 Å². The number of amides is 3. The van der Waals surface area contributed by atoms with Crippen LogP contribution in [0.4, 0.5) is 0 Å². The molecule has 6 atom stereocenters. The fourth-order valence-corrected chi connectivity index (χ4v) is 3.27. The number of carbonyl (C=O) groups is 4. The molecule has 0 spiro atoms. The first-order chi connectivity index (χ1) is 15.0. The first kappa shape index (κ1) is 27.3. The number of aliphatic hydroxyl groups is 2. The van der Waals surface area contributed by atoms with E-state index in [2.05, 4.69) is 15.6 Å². The summed E-state index contributed by atoms with van der Waals surface area (Å²) in [4.78, 5) is 54.4. The number of nitrogens with one attached hydrogen (secondary N) is 2. The van der Waals surface area contributed by atoms with Gasteiger partial charge in [-0.15, -0.1) is 0 Å². The minimum atomic E-state index is -1.17. The molecule has 1 aliphatic rings. The van der Waals surface area contributed by atoms with Crippen molar-refractivity contribution in [2.24, 2.45) is 22.2 Å². The molecule has 0 aliphatic carbocycles. The van der Waals surface area contributed by atoms with Gasteiger partial charge in [-0.05, 0) is 39.5 Å². The molecule has 32 heavy (non-hydrogen) atoms. The van der Waals surface area contributed by atoms with E-state index in [0.717, 1.165) is 0 Å². The number of aliphatic imine (C=N–C) groups is 1. The number of nitrogens with two attached hydrogens (primary N) is 3. The van der Waals surface area contributed by atoms with E-state index in [1.165, 1.54) is 18.7 Å². The zero-order valence-corrected chi connectivity index (χ0v) is 18.4. The van der Waals surface area contributed by atoms with Gasteiger partial charge < -0.3 is 47.7 Å². The Bertz CT molecular complexity index is 696. The number of hydrogen-bond donors (Lipinski definition) is 7. The van der Waals surface area contributed by atoms with E-state index < -0.39 is 54.1 Å². The van der Waals surface area contributed by atoms with Crippen LogP contribution in [0.15, 0.2) is 4.99 Å². The van der Waals surface area contributed by atoms with Crippen molar-refractivity contribution in [3.8, 4) is 0 Å². The van der Waals surface area contributed by atoms with Crippen LogP contribution in [0.5, 0.6) is 0 Å². The van der Waals surface area contributed by atoms with Gasteiger partial charge in [0.1, 0.15) is 30.5 Å². The van der Waals surface area contributed by atoms with E-state index in [-0.39, 0.29) is 18.9 Å². The van der Waals surface area contributed by atoms with Gasteiger partial charge in [0.2, 0.25) is 17.7 Å². The first-order valence-electron chi connectivity index (χ1n) is 10.5. The van der Waals surface area contributed by atoms with E-state index in [1.54, 1.807) is 0 Å². The summed E-state index contributed by atoms with van der Waals surface area (Å²) in [6.45, 7) is 3.25. The van der Waals surface area contributed by atoms with Crippen molar-refractivity contribution >= 4 is 30.0 Å². The third kappa shape index (κ3) is 8.05. The first-order valence-corrected chi connectivity index (χ1v) is 10.5. The monoisotopic (exact) mass is 457 g/mol. The molecule has 13 nitrogen and oxygen atoms in total. The van der Waals surface area contributed by atoms with Crippen LogP contribution in [-0.2, 0) is 19.2 Å². The largest absolute Gasteiger partial charge is 0.391 e. The maximum absolute atomic E-state index is 12.9. The predicted octanol–water partition coefficient (Wildman–Crippen LogP) is -3.71. The van der Waals surface area contributed by atoms with Crippen molar-refractivity contribution in [1.29, 1.82) is 0 Å². The smallest absolute Gasteiger partial charge is 0.243 e. The summed E-state index contributed by atoms with van der Waals surface area (Å²) in [6.07, 6.45) is -0.384. The number of aldehydes is 1. The Morgan fingerprint density at radius 3 is 2.38 bits per heavy atom. The average molecular weight is 458 g/mol. The number of hydrogen-bond acceptors (Lipinski definition) is 8. The van der Waals surface area contributed by atoms with Crippen LogP contribution in [0.2, 0.25) is 0 Å². The highest BCUT2D eigenvalue weighted by Gasteiger charge is 2.38. The zero-order chi connectivity index (χ0) is 24.4. The second kappa shape index (κ2) is 12.9. The van der Waals surface area contributed by atoms with E-state index >= 15 is 0 Å². The van der Waals surface area contributed by atoms with Gasteiger partial charge in [-0.2, -0.15) is 0 Å². The van der Waals surface area contributed by atoms with Crippen molar-refractivity contribution in [3.05, 3.63) is 0 Å². The van der Waals surface area contributed by atoms with Gasteiger partial charge in [-0.25, -0.2) is 0 Å². The zero-order valence-electron chi connectivity index (χ0n) is 18.4. The number of guanidine groups is 1. The molecule has 0 aromatic heterocycles. The minimum Gasteiger partial charge on any atom is -0.391 e. The predicted molar refractivity (Wildman–Crippen MR) is 116 cm³/mol. The van der Waals surface area contributed by atoms with E-state index in [9.17, 15) is 29.4 Å². The molecule has 0 aromatic rings. The van der Waals surface area contributed by atoms with Crippen LogP contribution in [0.3, 0.4) is 0 Å². The van der Waals surface area contributed by atoms with Crippen molar-refractivity contribution in [2.75, 3.05) is 13.1 Å². The van der Waals surface area contributed by atoms with Crippen molar-refractivity contribution < 1.29 is 29.4 Å². The van der Waals surface area contributed by atoms with Gasteiger partial charge in [0.25, 0.3) is 0 Å². The summed E-state index contributed by atoms with van der Waals surface area (Å²) in [6, 6.07) is -4.21. The molecule has 1 rings (SSSR count). The highest BCUT2D eigenvalue weighted by atomic mass is 16.3. The summed E-state index contributed by atoms with van der Waals surface area (Å²) in [5.74, 6) is -1.89. The highest BCUT2D eigenvalue weighted by molar-refractivity contribution is 5.94. The lowest BCUT2D eigenvalue weighted by atomic mass is 10.1. The average Bonchev–Trinajstić information content (AvgIpc) is 3.22. The van der Waals surface area contributed by atoms with Crippen molar-refractivity contribution in [2.45, 2.75) is 75.9 Å². The molecule has 13 heteroatoms. The van der Waals surface area contributed by atoms with Crippen LogP contribution < -0.4 is 27.8 Å². The molecule has 0 radical (unpaired) electrons. The topological polar surface area (TPSA) is 226 Å². The third-order valence-electron chi connectivity index (χ3n) is 5.20. The third-order valence-corrected chi connectivity index (χ3v) is 5.20. The molecule has 10 N–H and O–H groups in total. The quantitative estimate of drug-likeness (QED) is 0.0661. The molecule has 0 unspecified atom stereocenters. The number of likely N-dealkylation sites (tertiary alicyclic amines) is 1. The molecule has 1 aliphatic heterocycles. The fraction of sp³-hybridized carbons (Fsp3) is 0.737. The SMILES string of the molecule is C[C@@H](O)[C@H](N)C(=O)N1CCC[C@H]1C(=O)N[C@@H](CCCN=C(N)N)C(=O)N[C@H](C=O)[C@@H](C)O. The minimum absolute atomic E-state index is 0.111. The molecular formula is C19H35N7O6. The van der Waals surface area contributed by atoms with Crippen molar-refractivity contribution in [3.63, 3.8) is 0 Å². The van der Waals surface area contributed by atoms with Gasteiger partial charge in [0.15, 0.2) is 5.96 Å². The highest BCUT2D eigenvalue weighted by Crippen LogP contribution is 2.19. The summed E-state index contributed by atoms with van der Waals surface area (Å²) < 4.78 is 0. The fourth-order valence-electron chi connectivity index (χ4n) is 3.27. The second-order valence-corrected chi connectivity index (χ2v) is 7.88. The van der Waals surface area contributed by atoms with Gasteiger partial charge in [-0.3, -0.25) is 19.4 Å². The maximum atomic E-state index is 12.9. The number of nitrogens with zero attached hydrogens (tertiary/aromatic N) is 2. The van der Waals surface area contributed by atoms with Crippen LogP contribution in [0.25, 0.3) is 0 Å². The number of aliphatic hydroxyl groups excluding tert-OH is 2. The Morgan fingerprint density at radius 2 is 1.84 bits per heavy atom. The molecule has 0 bridgehead atoms. The maximum Gasteiger partial charge on any atom is 0.243 e. The summed E-state index contributed by atoms with van der Waals surface area (Å²) in [5.41, 5.74) is 16.3. The Balaban J connectivity index is 2.92. The number of rotatable bonds is 12. The number of carbonyl (C=O) groups excluding carboxylic acids is 4. The lowest BCUT2D eigenvalue weighted by Crippen LogP contribution is -2.57. The molecule has 0 aromatic carbocycles. The van der Waals surface area contributed by atoms with Gasteiger partial charge in [-0.1, -0.05) is 0 Å². The van der Waals surface area contributed by atoms with Gasteiger partial charge in [0.05, 0.1) is 12.2 Å². The standard InChI is InChI=1S/C19H35N7O6/c1-10(28)13(9-27)25-16(30)12(5-3-7-23-19(21)22)24-17(31)14-6-4-8-26(14)18(32)15(20)11(2)29/h9-15,28-29H,3-8,20H2,1-2H3,(H,24,31)(H,25,30)(H4,21,22,23)/t10-,11-,12+,13-,14+,15+/m1/s1. The second-order valence-electron chi connectivity index (χ2n) is 7.88. The van der Waals surface area contributed by atoms with Gasteiger partial charge in [0, 0.05) is 13.1 Å². The lowest BCUT2D eigenvalue weighted by Gasteiger charge is -2.29. The Hall–Kier alpha value is -2.77. The Labute approximate surface area is 186 Å². The molecule has 1 saturated heterocycles. The summed E-state index contributed by atoms with van der Waals surface area (Å²) in [7, 11) is 0. The van der Waals surface area contributed by atoms with Crippen LogP contribution in [0.1, 0.15) is 39.5 Å². The van der Waals surface area contributed by atoms with E-state index in [4.69, 9.17) is 17.2 Å². The molecule has 3 amide bonds. The lowest BCUT2D eigenvalue weighted by molar-refractivity contribution is -0.142. The van der Waals surface area contributed by atoms with Crippen LogP contribution >= 0.6 is 0 Å². The van der Waals surface area contributed by atoms with Crippen LogP contribution in [0, 0.1) is 0 Å². The molecule has 182 valence electrons. The van der Waals surface area contributed by atoms with Gasteiger partial charge >= 0.3 is 0 Å². The molecule has 1 fully saturated rings. The molecule has 1 heterocycles. The Morgan fingerprint density at radius 1 is 1.19 bits per heavy atom.